The zero-order chi connectivity index (χ0) is 19.9. The summed E-state index contributed by atoms with van der Waals surface area (Å²) in [4.78, 5) is 4.59. The van der Waals surface area contributed by atoms with Crippen molar-refractivity contribution in [1.29, 1.82) is 0 Å². The van der Waals surface area contributed by atoms with Crippen LogP contribution in [0.1, 0.15) is 29.2 Å². The first-order valence-electron chi connectivity index (χ1n) is 9.30. The number of aliphatic imine (C=N–C) groups is 1. The number of ether oxygens (including phenoxy) is 2. The summed E-state index contributed by atoms with van der Waals surface area (Å²) in [5, 5.41) is 0. The lowest BCUT2D eigenvalue weighted by atomic mass is 10.1. The summed E-state index contributed by atoms with van der Waals surface area (Å²) in [6.07, 6.45) is 1.82. The van der Waals surface area contributed by atoms with Gasteiger partial charge in [-0.2, -0.15) is 0 Å². The average molecular weight is 377 g/mol. The van der Waals surface area contributed by atoms with Gasteiger partial charge in [-0.05, 0) is 73.9 Å². The number of nitrogens with zero attached hydrogens (tertiary/aromatic N) is 1. The van der Waals surface area contributed by atoms with Crippen LogP contribution in [0.15, 0.2) is 65.7 Å². The fourth-order valence-corrected chi connectivity index (χ4v) is 2.87. The molecule has 0 bridgehead atoms. The molecule has 0 N–H and O–H groups in total. The third-order valence-electron chi connectivity index (χ3n) is 4.26. The van der Waals surface area contributed by atoms with E-state index in [1.165, 1.54) is 17.7 Å². The molecule has 0 spiro atoms. The number of hydrogen-bond donors (Lipinski definition) is 0. The van der Waals surface area contributed by atoms with Crippen LogP contribution in [0.25, 0.3) is 0 Å². The van der Waals surface area contributed by atoms with Crippen molar-refractivity contribution in [2.45, 2.75) is 27.4 Å². The standard InChI is InChI=1S/C24H24FNO2/c1-4-27-24-14-19(15-26-22-10-8-17(2)12-18(22)3)9-11-23(24)28-16-20-6-5-7-21(25)13-20/h5-15H,4,16H2,1-3H3. The highest BCUT2D eigenvalue weighted by atomic mass is 19.1. The van der Waals surface area contributed by atoms with Crippen molar-refractivity contribution in [1.82, 2.24) is 0 Å². The Hall–Kier alpha value is -3.14. The summed E-state index contributed by atoms with van der Waals surface area (Å²) < 4.78 is 24.9. The topological polar surface area (TPSA) is 30.8 Å². The van der Waals surface area contributed by atoms with Crippen molar-refractivity contribution < 1.29 is 13.9 Å². The van der Waals surface area contributed by atoms with Gasteiger partial charge in [0.15, 0.2) is 11.5 Å². The van der Waals surface area contributed by atoms with Crippen molar-refractivity contribution in [2.24, 2.45) is 4.99 Å². The van der Waals surface area contributed by atoms with Crippen molar-refractivity contribution >= 4 is 11.9 Å². The molecular formula is C24H24FNO2. The minimum atomic E-state index is -0.274. The maximum Gasteiger partial charge on any atom is 0.161 e. The van der Waals surface area contributed by atoms with E-state index in [1.54, 1.807) is 6.07 Å². The molecule has 144 valence electrons. The molecule has 3 nitrogen and oxygen atoms in total. The first-order chi connectivity index (χ1) is 13.5. The van der Waals surface area contributed by atoms with Crippen LogP contribution in [0.2, 0.25) is 0 Å². The number of halogens is 1. The summed E-state index contributed by atoms with van der Waals surface area (Å²) in [5.41, 5.74) is 4.98. The van der Waals surface area contributed by atoms with Crippen molar-refractivity contribution in [3.8, 4) is 11.5 Å². The summed E-state index contributed by atoms with van der Waals surface area (Å²) in [6, 6.07) is 18.2. The molecule has 3 aromatic carbocycles. The molecule has 0 saturated heterocycles. The summed E-state index contributed by atoms with van der Waals surface area (Å²) in [7, 11) is 0. The van der Waals surface area contributed by atoms with Crippen LogP contribution in [-0.4, -0.2) is 12.8 Å². The predicted octanol–water partition coefficient (Wildman–Crippen LogP) is 6.17. The maximum atomic E-state index is 13.3. The van der Waals surface area contributed by atoms with E-state index in [0.717, 1.165) is 22.4 Å². The van der Waals surface area contributed by atoms with Gasteiger partial charge < -0.3 is 9.47 Å². The lowest BCUT2D eigenvalue weighted by Crippen LogP contribution is -2.00. The van der Waals surface area contributed by atoms with Crippen LogP contribution < -0.4 is 9.47 Å². The van der Waals surface area contributed by atoms with Crippen molar-refractivity contribution in [2.75, 3.05) is 6.61 Å². The Labute approximate surface area is 165 Å². The second kappa shape index (κ2) is 9.18. The van der Waals surface area contributed by atoms with Crippen molar-refractivity contribution in [3.63, 3.8) is 0 Å². The van der Waals surface area contributed by atoms with Crippen molar-refractivity contribution in [3.05, 3.63) is 88.7 Å². The Kier molecular flexibility index (Phi) is 6.43. The minimum Gasteiger partial charge on any atom is -0.490 e. The smallest absolute Gasteiger partial charge is 0.161 e. The second-order valence-corrected chi connectivity index (χ2v) is 6.61. The second-order valence-electron chi connectivity index (χ2n) is 6.61. The van der Waals surface area contributed by atoms with Crippen LogP contribution >= 0.6 is 0 Å². The highest BCUT2D eigenvalue weighted by molar-refractivity contribution is 5.83. The third kappa shape index (κ3) is 5.19. The molecule has 4 heteroatoms. The van der Waals surface area contributed by atoms with Gasteiger partial charge in [0.1, 0.15) is 12.4 Å². The van der Waals surface area contributed by atoms with E-state index >= 15 is 0 Å². The van der Waals surface area contributed by atoms with E-state index in [-0.39, 0.29) is 12.4 Å². The molecule has 28 heavy (non-hydrogen) atoms. The van der Waals surface area contributed by atoms with Crippen LogP contribution in [0.3, 0.4) is 0 Å². The van der Waals surface area contributed by atoms with Gasteiger partial charge in [-0.1, -0.05) is 29.8 Å². The first-order valence-corrected chi connectivity index (χ1v) is 9.30. The van der Waals surface area contributed by atoms with E-state index in [2.05, 4.69) is 31.0 Å². The van der Waals surface area contributed by atoms with E-state index < -0.39 is 0 Å². The molecule has 0 aliphatic carbocycles. The molecule has 0 atom stereocenters. The Balaban J connectivity index is 1.77. The van der Waals surface area contributed by atoms with Crippen LogP contribution in [-0.2, 0) is 6.61 Å². The molecule has 0 amide bonds. The van der Waals surface area contributed by atoms with Crippen LogP contribution in [0.4, 0.5) is 10.1 Å². The monoisotopic (exact) mass is 377 g/mol. The molecule has 0 unspecified atom stereocenters. The summed E-state index contributed by atoms with van der Waals surface area (Å²) in [5.74, 6) is 0.988. The van der Waals surface area contributed by atoms with Gasteiger partial charge >= 0.3 is 0 Å². The number of aryl methyl sites for hydroxylation is 2. The van der Waals surface area contributed by atoms with E-state index in [0.29, 0.717) is 18.1 Å². The zero-order valence-corrected chi connectivity index (χ0v) is 16.4. The molecule has 3 aromatic rings. The molecular weight excluding hydrogens is 353 g/mol. The molecule has 0 aromatic heterocycles. The Morgan fingerprint density at radius 2 is 1.79 bits per heavy atom. The Bertz CT molecular complexity index is 982. The van der Waals surface area contributed by atoms with Gasteiger partial charge in [-0.15, -0.1) is 0 Å². The molecule has 0 saturated carbocycles. The van der Waals surface area contributed by atoms with E-state index in [4.69, 9.17) is 9.47 Å². The van der Waals surface area contributed by atoms with Gasteiger partial charge in [-0.3, -0.25) is 4.99 Å². The minimum absolute atomic E-state index is 0.272. The molecule has 3 rings (SSSR count). The Morgan fingerprint density at radius 1 is 0.929 bits per heavy atom. The van der Waals surface area contributed by atoms with Gasteiger partial charge in [0.2, 0.25) is 0 Å². The van der Waals surface area contributed by atoms with Crippen LogP contribution in [0.5, 0.6) is 11.5 Å². The number of hydrogen-bond acceptors (Lipinski definition) is 3. The maximum absolute atomic E-state index is 13.3. The predicted molar refractivity (Wildman–Crippen MR) is 112 cm³/mol. The molecule has 0 radical (unpaired) electrons. The fourth-order valence-electron chi connectivity index (χ4n) is 2.87. The van der Waals surface area contributed by atoms with Gasteiger partial charge in [-0.25, -0.2) is 4.39 Å². The van der Waals surface area contributed by atoms with E-state index in [9.17, 15) is 4.39 Å². The highest BCUT2D eigenvalue weighted by Gasteiger charge is 2.07. The van der Waals surface area contributed by atoms with Gasteiger partial charge in [0.05, 0.1) is 12.3 Å². The third-order valence-corrected chi connectivity index (χ3v) is 4.26. The van der Waals surface area contributed by atoms with Crippen LogP contribution in [0, 0.1) is 19.7 Å². The first kappa shape index (κ1) is 19.6. The Morgan fingerprint density at radius 3 is 2.54 bits per heavy atom. The normalized spacial score (nSPS) is 11.0. The lowest BCUT2D eigenvalue weighted by molar-refractivity contribution is 0.269. The molecule has 0 aliphatic heterocycles. The fraction of sp³-hybridized carbons (Fsp3) is 0.208. The largest absolute Gasteiger partial charge is 0.490 e. The lowest BCUT2D eigenvalue weighted by Gasteiger charge is -2.12. The highest BCUT2D eigenvalue weighted by Crippen LogP contribution is 2.29. The molecule has 0 fully saturated rings. The SMILES string of the molecule is CCOc1cc(C=Nc2ccc(C)cc2C)ccc1OCc1cccc(F)c1. The zero-order valence-electron chi connectivity index (χ0n) is 16.4. The summed E-state index contributed by atoms with van der Waals surface area (Å²) in [6.45, 7) is 6.83. The average Bonchev–Trinajstić information content (AvgIpc) is 2.67. The van der Waals surface area contributed by atoms with Gasteiger partial charge in [0, 0.05) is 6.21 Å². The number of rotatable bonds is 7. The summed E-state index contributed by atoms with van der Waals surface area (Å²) >= 11 is 0. The number of benzene rings is 3. The van der Waals surface area contributed by atoms with E-state index in [1.807, 2.05) is 43.5 Å². The molecule has 0 heterocycles. The van der Waals surface area contributed by atoms with Gasteiger partial charge in [0.25, 0.3) is 0 Å². The quantitative estimate of drug-likeness (QED) is 0.461. The molecule has 0 aliphatic rings.